The van der Waals surface area contributed by atoms with Crippen LogP contribution in [0.4, 0.5) is 0 Å². The third-order valence-electron chi connectivity index (χ3n) is 4.12. The third kappa shape index (κ3) is 2.30. The Morgan fingerprint density at radius 3 is 3.13 bits per heavy atom. The maximum absolute atomic E-state index is 12.4. The smallest absolute Gasteiger partial charge is 0.276 e. The quantitative estimate of drug-likeness (QED) is 0.755. The van der Waals surface area contributed by atoms with Gasteiger partial charge >= 0.3 is 0 Å². The summed E-state index contributed by atoms with van der Waals surface area (Å²) in [4.78, 5) is 29.0. The number of rotatable bonds is 3. The minimum atomic E-state index is -0.481. The highest BCUT2D eigenvalue weighted by molar-refractivity contribution is 5.95. The molecule has 7 heteroatoms. The van der Waals surface area contributed by atoms with E-state index in [0.717, 1.165) is 30.9 Å². The minimum absolute atomic E-state index is 0.120. The third-order valence-corrected chi connectivity index (χ3v) is 4.12. The van der Waals surface area contributed by atoms with E-state index in [-0.39, 0.29) is 11.1 Å². The van der Waals surface area contributed by atoms with Crippen LogP contribution < -0.4 is 10.7 Å². The van der Waals surface area contributed by atoms with E-state index in [2.05, 4.69) is 25.1 Å². The van der Waals surface area contributed by atoms with E-state index < -0.39 is 5.91 Å². The van der Waals surface area contributed by atoms with Crippen LogP contribution in [0.2, 0.25) is 0 Å². The first kappa shape index (κ1) is 13.7. The molecule has 2 N–H and O–H groups in total. The van der Waals surface area contributed by atoms with Crippen LogP contribution in [0, 0.1) is 0 Å². The molecule has 0 spiro atoms. The van der Waals surface area contributed by atoms with Crippen molar-refractivity contribution in [3.05, 3.63) is 57.9 Å². The predicted molar refractivity (Wildman–Crippen MR) is 84.1 cm³/mol. The van der Waals surface area contributed by atoms with Gasteiger partial charge in [-0.1, -0.05) is 12.1 Å². The van der Waals surface area contributed by atoms with Crippen LogP contribution in [0.3, 0.4) is 0 Å². The molecule has 1 amide bonds. The Balaban J connectivity index is 1.57. The van der Waals surface area contributed by atoms with Gasteiger partial charge in [-0.15, -0.1) is 0 Å². The van der Waals surface area contributed by atoms with E-state index in [0.29, 0.717) is 17.4 Å². The molecule has 4 rings (SSSR count). The average Bonchev–Trinajstić information content (AvgIpc) is 3.17. The van der Waals surface area contributed by atoms with Crippen molar-refractivity contribution >= 4 is 16.8 Å². The van der Waals surface area contributed by atoms with E-state index in [4.69, 9.17) is 0 Å². The lowest BCUT2D eigenvalue weighted by atomic mass is 10.2. The van der Waals surface area contributed by atoms with Crippen molar-refractivity contribution in [2.75, 3.05) is 0 Å². The van der Waals surface area contributed by atoms with Gasteiger partial charge in [-0.05, 0) is 18.6 Å². The lowest BCUT2D eigenvalue weighted by Gasteiger charge is -2.07. The first-order valence-corrected chi connectivity index (χ1v) is 7.53. The fraction of sp³-hybridized carbons (Fsp3) is 0.250. The van der Waals surface area contributed by atoms with Crippen molar-refractivity contribution in [2.24, 2.45) is 0 Å². The Bertz CT molecular complexity index is 957. The fourth-order valence-electron chi connectivity index (χ4n) is 2.94. The van der Waals surface area contributed by atoms with E-state index in [9.17, 15) is 9.59 Å². The minimum Gasteiger partial charge on any atom is -0.345 e. The monoisotopic (exact) mass is 309 g/mol. The molecule has 116 valence electrons. The van der Waals surface area contributed by atoms with Gasteiger partial charge in [0.25, 0.3) is 5.91 Å². The predicted octanol–water partition coefficient (Wildman–Crippen LogP) is 0.996. The zero-order valence-electron chi connectivity index (χ0n) is 12.4. The lowest BCUT2D eigenvalue weighted by Crippen LogP contribution is -2.30. The lowest BCUT2D eigenvalue weighted by molar-refractivity contribution is 0.0943. The normalized spacial score (nSPS) is 13.2. The van der Waals surface area contributed by atoms with Crippen molar-refractivity contribution in [2.45, 2.75) is 25.9 Å². The Morgan fingerprint density at radius 2 is 2.22 bits per heavy atom. The van der Waals surface area contributed by atoms with Gasteiger partial charge in [-0.2, -0.15) is 5.10 Å². The van der Waals surface area contributed by atoms with Gasteiger partial charge in [-0.3, -0.25) is 14.7 Å². The second-order valence-corrected chi connectivity index (χ2v) is 5.55. The molecule has 3 heterocycles. The second-order valence-electron chi connectivity index (χ2n) is 5.55. The molecule has 0 saturated carbocycles. The largest absolute Gasteiger partial charge is 0.345 e. The summed E-state index contributed by atoms with van der Waals surface area (Å²) in [7, 11) is 0. The van der Waals surface area contributed by atoms with Crippen molar-refractivity contribution in [1.82, 2.24) is 25.1 Å². The number of aryl methyl sites for hydroxylation is 1. The molecule has 1 aliphatic heterocycles. The summed E-state index contributed by atoms with van der Waals surface area (Å²) in [5.41, 5.74) is 1.07. The number of benzene rings is 1. The average molecular weight is 309 g/mol. The summed E-state index contributed by atoms with van der Waals surface area (Å²) < 4.78 is 2.11. The van der Waals surface area contributed by atoms with E-state index >= 15 is 0 Å². The number of H-pyrrole nitrogens is 1. The summed E-state index contributed by atoms with van der Waals surface area (Å²) in [6.45, 7) is 1.26. The van der Waals surface area contributed by atoms with Crippen LogP contribution in [0.1, 0.15) is 28.4 Å². The fourth-order valence-corrected chi connectivity index (χ4v) is 2.94. The molecule has 7 nitrogen and oxygen atoms in total. The second kappa shape index (κ2) is 5.35. The number of amides is 1. The molecule has 0 bridgehead atoms. The summed E-state index contributed by atoms with van der Waals surface area (Å²) in [5, 5.41) is 9.87. The number of fused-ring (bicyclic) bond motifs is 2. The van der Waals surface area contributed by atoms with Crippen LogP contribution in [0.25, 0.3) is 10.9 Å². The van der Waals surface area contributed by atoms with Gasteiger partial charge < -0.3 is 9.88 Å². The van der Waals surface area contributed by atoms with Gasteiger partial charge in [0.1, 0.15) is 5.82 Å². The molecule has 0 aliphatic carbocycles. The first-order chi connectivity index (χ1) is 11.2. The SMILES string of the molecule is O=C(NCc1cnc2n1CCC2)c1n[nH]c2ccccc2c1=O. The summed E-state index contributed by atoms with van der Waals surface area (Å²) >= 11 is 0. The molecule has 0 radical (unpaired) electrons. The summed E-state index contributed by atoms with van der Waals surface area (Å²) in [5.74, 6) is 0.571. The van der Waals surface area contributed by atoms with E-state index in [1.165, 1.54) is 0 Å². The Morgan fingerprint density at radius 1 is 1.35 bits per heavy atom. The zero-order valence-corrected chi connectivity index (χ0v) is 12.4. The molecular formula is C16H15N5O2. The van der Waals surface area contributed by atoms with Crippen LogP contribution in [-0.4, -0.2) is 25.7 Å². The number of para-hydroxylation sites is 1. The maximum atomic E-state index is 12.4. The van der Waals surface area contributed by atoms with Gasteiger partial charge in [0.15, 0.2) is 5.69 Å². The van der Waals surface area contributed by atoms with Crippen molar-refractivity contribution in [1.29, 1.82) is 0 Å². The highest BCUT2D eigenvalue weighted by atomic mass is 16.2. The number of hydrogen-bond donors (Lipinski definition) is 2. The van der Waals surface area contributed by atoms with E-state index in [1.54, 1.807) is 30.5 Å². The van der Waals surface area contributed by atoms with E-state index in [1.807, 2.05) is 0 Å². The number of aromatic nitrogens is 4. The molecule has 0 unspecified atom stereocenters. The highest BCUT2D eigenvalue weighted by Crippen LogP contribution is 2.15. The summed E-state index contributed by atoms with van der Waals surface area (Å²) in [6.07, 6.45) is 3.82. The Labute approximate surface area is 131 Å². The van der Waals surface area contributed by atoms with Gasteiger partial charge in [0, 0.05) is 18.4 Å². The van der Waals surface area contributed by atoms with Crippen molar-refractivity contribution < 1.29 is 4.79 Å². The number of nitrogens with one attached hydrogen (secondary N) is 2. The number of carbonyl (C=O) groups is 1. The molecule has 1 aliphatic rings. The molecular weight excluding hydrogens is 294 g/mol. The maximum Gasteiger partial charge on any atom is 0.276 e. The standard InChI is InChI=1S/C16H15N5O2/c22-15-11-4-1-2-5-12(11)19-20-14(15)16(23)18-9-10-8-17-13-6-3-7-21(10)13/h1-2,4-5,8H,3,6-7,9H2,(H,18,23)(H,19,22). The Hall–Kier alpha value is -2.96. The number of hydrogen-bond acceptors (Lipinski definition) is 4. The molecule has 3 aromatic rings. The Kier molecular flexibility index (Phi) is 3.18. The van der Waals surface area contributed by atoms with Gasteiger partial charge in [0.2, 0.25) is 5.43 Å². The van der Waals surface area contributed by atoms with Crippen molar-refractivity contribution in [3.63, 3.8) is 0 Å². The number of imidazole rings is 1. The number of carbonyl (C=O) groups excluding carboxylic acids is 1. The van der Waals surface area contributed by atoms with Crippen molar-refractivity contribution in [3.8, 4) is 0 Å². The number of nitrogens with zero attached hydrogens (tertiary/aromatic N) is 3. The summed E-state index contributed by atoms with van der Waals surface area (Å²) in [6, 6.07) is 6.99. The molecule has 0 atom stereocenters. The van der Waals surface area contributed by atoms with Gasteiger partial charge in [-0.25, -0.2) is 4.98 Å². The molecule has 2 aromatic heterocycles. The van der Waals surface area contributed by atoms with Crippen LogP contribution in [0.15, 0.2) is 35.3 Å². The topological polar surface area (TPSA) is 92.7 Å². The highest BCUT2D eigenvalue weighted by Gasteiger charge is 2.18. The van der Waals surface area contributed by atoms with Crippen LogP contribution in [-0.2, 0) is 19.5 Å². The molecule has 0 fully saturated rings. The molecule has 0 saturated heterocycles. The number of aromatic amines is 1. The molecule has 1 aromatic carbocycles. The molecule has 23 heavy (non-hydrogen) atoms. The van der Waals surface area contributed by atoms with Gasteiger partial charge in [0.05, 0.1) is 24.0 Å². The zero-order chi connectivity index (χ0) is 15.8. The van der Waals surface area contributed by atoms with Crippen LogP contribution >= 0.6 is 0 Å². The first-order valence-electron chi connectivity index (χ1n) is 7.53. The van der Waals surface area contributed by atoms with Crippen LogP contribution in [0.5, 0.6) is 0 Å².